The molecule has 0 saturated heterocycles. The van der Waals surface area contributed by atoms with Crippen molar-refractivity contribution in [1.29, 1.82) is 0 Å². The van der Waals surface area contributed by atoms with Crippen molar-refractivity contribution in [2.24, 2.45) is 0 Å². The van der Waals surface area contributed by atoms with Gasteiger partial charge in [-0.05, 0) is 23.3 Å². The minimum Gasteiger partial charge on any atom is -0.469 e. The van der Waals surface area contributed by atoms with Crippen molar-refractivity contribution in [3.05, 3.63) is 40.4 Å². The first-order valence-corrected chi connectivity index (χ1v) is 5.00. The fourth-order valence-electron chi connectivity index (χ4n) is 1.06. The molecule has 1 rings (SSSR count). The SMILES string of the molecule is C=C(CC(=O)OC)c1ccc(Cl)c(Cl)c1. The summed E-state index contributed by atoms with van der Waals surface area (Å²) in [6.45, 7) is 3.78. The number of carbonyl (C=O) groups is 1. The Hall–Kier alpha value is -0.990. The molecule has 0 unspecified atom stereocenters. The first kappa shape index (κ1) is 12.1. The molecule has 0 heterocycles. The first-order chi connectivity index (χ1) is 7.04. The van der Waals surface area contributed by atoms with E-state index in [1.165, 1.54) is 7.11 Å². The van der Waals surface area contributed by atoms with E-state index in [0.717, 1.165) is 5.56 Å². The number of rotatable bonds is 3. The summed E-state index contributed by atoms with van der Waals surface area (Å²) in [7, 11) is 1.34. The average molecular weight is 245 g/mol. The highest BCUT2D eigenvalue weighted by molar-refractivity contribution is 6.42. The Morgan fingerprint density at radius 1 is 1.40 bits per heavy atom. The maximum absolute atomic E-state index is 11.0. The second-order valence-electron chi connectivity index (χ2n) is 2.99. The summed E-state index contributed by atoms with van der Waals surface area (Å²) in [4.78, 5) is 11.0. The van der Waals surface area contributed by atoms with E-state index in [2.05, 4.69) is 11.3 Å². The quantitative estimate of drug-likeness (QED) is 0.761. The van der Waals surface area contributed by atoms with Gasteiger partial charge in [-0.25, -0.2) is 0 Å². The summed E-state index contributed by atoms with van der Waals surface area (Å²) in [5, 5.41) is 0.923. The van der Waals surface area contributed by atoms with Crippen molar-refractivity contribution in [2.45, 2.75) is 6.42 Å². The summed E-state index contributed by atoms with van der Waals surface area (Å²) in [6, 6.07) is 5.11. The lowest BCUT2D eigenvalue weighted by atomic mass is 10.1. The Morgan fingerprint density at radius 2 is 2.07 bits per heavy atom. The lowest BCUT2D eigenvalue weighted by Crippen LogP contribution is -2.00. The molecule has 0 aliphatic carbocycles. The molecule has 0 aliphatic heterocycles. The lowest BCUT2D eigenvalue weighted by molar-refractivity contribution is -0.139. The standard InChI is InChI=1S/C11H10Cl2O2/c1-7(5-11(14)15-2)8-3-4-9(12)10(13)6-8/h3-4,6H,1,5H2,2H3. The maximum atomic E-state index is 11.0. The number of halogens is 2. The van der Waals surface area contributed by atoms with Crippen molar-refractivity contribution < 1.29 is 9.53 Å². The molecule has 0 N–H and O–H groups in total. The molecule has 0 radical (unpaired) electrons. The van der Waals surface area contributed by atoms with Gasteiger partial charge in [0.05, 0.1) is 23.6 Å². The largest absolute Gasteiger partial charge is 0.469 e. The van der Waals surface area contributed by atoms with Crippen molar-refractivity contribution in [1.82, 2.24) is 0 Å². The van der Waals surface area contributed by atoms with E-state index in [9.17, 15) is 4.79 Å². The Kier molecular flexibility index (Phi) is 4.18. The van der Waals surface area contributed by atoms with Gasteiger partial charge in [0.15, 0.2) is 0 Å². The fraction of sp³-hybridized carbons (Fsp3) is 0.182. The Balaban J connectivity index is 2.83. The van der Waals surface area contributed by atoms with Crippen LogP contribution in [-0.2, 0) is 9.53 Å². The first-order valence-electron chi connectivity index (χ1n) is 4.24. The molecule has 80 valence electrons. The number of methoxy groups -OCH3 is 1. The van der Waals surface area contributed by atoms with Crippen LogP contribution in [0.3, 0.4) is 0 Å². The van der Waals surface area contributed by atoms with Crippen LogP contribution in [-0.4, -0.2) is 13.1 Å². The van der Waals surface area contributed by atoms with Crippen LogP contribution in [0.5, 0.6) is 0 Å². The van der Waals surface area contributed by atoms with Gasteiger partial charge < -0.3 is 4.74 Å². The highest BCUT2D eigenvalue weighted by Gasteiger charge is 2.07. The molecular formula is C11H10Cl2O2. The number of hydrogen-bond donors (Lipinski definition) is 0. The van der Waals surface area contributed by atoms with Gasteiger partial charge in [-0.2, -0.15) is 0 Å². The predicted octanol–water partition coefficient (Wildman–Crippen LogP) is 3.57. The van der Waals surface area contributed by atoms with E-state index >= 15 is 0 Å². The van der Waals surface area contributed by atoms with Crippen LogP contribution in [0.2, 0.25) is 10.0 Å². The smallest absolute Gasteiger partial charge is 0.309 e. The average Bonchev–Trinajstić information content (AvgIpc) is 2.21. The molecule has 0 amide bonds. The molecule has 4 heteroatoms. The fourth-order valence-corrected chi connectivity index (χ4v) is 1.36. The van der Waals surface area contributed by atoms with Crippen molar-refractivity contribution in [3.63, 3.8) is 0 Å². The summed E-state index contributed by atoms with van der Waals surface area (Å²) < 4.78 is 4.54. The highest BCUT2D eigenvalue weighted by Crippen LogP contribution is 2.26. The number of hydrogen-bond acceptors (Lipinski definition) is 2. The molecule has 1 aromatic carbocycles. The topological polar surface area (TPSA) is 26.3 Å². The molecule has 15 heavy (non-hydrogen) atoms. The summed E-state index contributed by atoms with van der Waals surface area (Å²) in [5.74, 6) is -0.328. The molecule has 0 fully saturated rings. The zero-order chi connectivity index (χ0) is 11.4. The van der Waals surface area contributed by atoms with Gasteiger partial charge in [-0.3, -0.25) is 4.79 Å². The van der Waals surface area contributed by atoms with Gasteiger partial charge in [-0.15, -0.1) is 0 Å². The summed E-state index contributed by atoms with van der Waals surface area (Å²) in [6.07, 6.45) is 0.147. The van der Waals surface area contributed by atoms with Crippen molar-refractivity contribution in [3.8, 4) is 0 Å². The van der Waals surface area contributed by atoms with Crippen molar-refractivity contribution >= 4 is 34.7 Å². The van der Waals surface area contributed by atoms with Gasteiger partial charge in [0.2, 0.25) is 0 Å². The van der Waals surface area contributed by atoms with Gasteiger partial charge in [0, 0.05) is 0 Å². The third-order valence-corrected chi connectivity index (χ3v) is 2.65. The molecular weight excluding hydrogens is 235 g/mol. The summed E-state index contributed by atoms with van der Waals surface area (Å²) >= 11 is 11.6. The van der Waals surface area contributed by atoms with Crippen LogP contribution >= 0.6 is 23.2 Å². The van der Waals surface area contributed by atoms with E-state index in [-0.39, 0.29) is 12.4 Å². The minimum atomic E-state index is -0.328. The molecule has 0 saturated carbocycles. The molecule has 0 bridgehead atoms. The monoisotopic (exact) mass is 244 g/mol. The second-order valence-corrected chi connectivity index (χ2v) is 3.80. The summed E-state index contributed by atoms with van der Waals surface area (Å²) in [5.41, 5.74) is 1.44. The van der Waals surface area contributed by atoms with Crippen LogP contribution in [0.4, 0.5) is 0 Å². The van der Waals surface area contributed by atoms with E-state index < -0.39 is 0 Å². The van der Waals surface area contributed by atoms with Crippen LogP contribution in [0, 0.1) is 0 Å². The third kappa shape index (κ3) is 3.26. The van der Waals surface area contributed by atoms with Crippen LogP contribution in [0.25, 0.3) is 5.57 Å². The Labute approximate surface area is 98.4 Å². The van der Waals surface area contributed by atoms with Crippen LogP contribution < -0.4 is 0 Å². The van der Waals surface area contributed by atoms with E-state index in [4.69, 9.17) is 23.2 Å². The van der Waals surface area contributed by atoms with Crippen molar-refractivity contribution in [2.75, 3.05) is 7.11 Å². The van der Waals surface area contributed by atoms with E-state index in [1.54, 1.807) is 18.2 Å². The highest BCUT2D eigenvalue weighted by atomic mass is 35.5. The molecule has 2 nitrogen and oxygen atoms in total. The molecule has 0 spiro atoms. The zero-order valence-corrected chi connectivity index (χ0v) is 9.73. The molecule has 1 aromatic rings. The number of carbonyl (C=O) groups excluding carboxylic acids is 1. The third-order valence-electron chi connectivity index (χ3n) is 1.91. The predicted molar refractivity (Wildman–Crippen MR) is 62.1 cm³/mol. The maximum Gasteiger partial charge on any atom is 0.309 e. The minimum absolute atomic E-state index is 0.147. The van der Waals surface area contributed by atoms with E-state index in [1.807, 2.05) is 0 Å². The van der Waals surface area contributed by atoms with Gasteiger partial charge in [0.25, 0.3) is 0 Å². The van der Waals surface area contributed by atoms with Gasteiger partial charge in [0.1, 0.15) is 0 Å². The number of ether oxygens (including phenoxy) is 1. The van der Waals surface area contributed by atoms with E-state index in [0.29, 0.717) is 15.6 Å². The number of esters is 1. The lowest BCUT2D eigenvalue weighted by Gasteiger charge is -2.05. The van der Waals surface area contributed by atoms with Crippen LogP contribution in [0.1, 0.15) is 12.0 Å². The molecule has 0 atom stereocenters. The Morgan fingerprint density at radius 3 is 2.60 bits per heavy atom. The normalized spacial score (nSPS) is 9.80. The molecule has 0 aromatic heterocycles. The second kappa shape index (κ2) is 5.19. The van der Waals surface area contributed by atoms with Gasteiger partial charge in [-0.1, -0.05) is 35.8 Å². The zero-order valence-electron chi connectivity index (χ0n) is 8.22. The van der Waals surface area contributed by atoms with Gasteiger partial charge >= 0.3 is 5.97 Å². The van der Waals surface area contributed by atoms with Crippen LogP contribution in [0.15, 0.2) is 24.8 Å². The number of benzene rings is 1. The Bertz CT molecular complexity index is 400. The molecule has 0 aliphatic rings.